The van der Waals surface area contributed by atoms with E-state index in [0.717, 1.165) is 18.4 Å². The molecule has 1 atom stereocenters. The fourth-order valence-corrected chi connectivity index (χ4v) is 2.59. The number of benzene rings is 2. The molecule has 2 aromatic rings. The first-order valence-electron chi connectivity index (χ1n) is 7.32. The summed E-state index contributed by atoms with van der Waals surface area (Å²) in [6.07, 6.45) is 1.70. The average molecular weight is 333 g/mol. The lowest BCUT2D eigenvalue weighted by atomic mass is 10.0. The SMILES string of the molecule is CCC[C@H](NC(=O)c1ccc([N+](=O)[O-])cc1Cl)c1ccccc1. The molecule has 0 saturated heterocycles. The maximum absolute atomic E-state index is 12.4. The van der Waals surface area contributed by atoms with E-state index in [1.807, 2.05) is 37.3 Å². The lowest BCUT2D eigenvalue weighted by molar-refractivity contribution is -0.384. The molecule has 0 saturated carbocycles. The van der Waals surface area contributed by atoms with Gasteiger partial charge in [-0.3, -0.25) is 14.9 Å². The van der Waals surface area contributed by atoms with Crippen LogP contribution in [0.2, 0.25) is 5.02 Å². The first kappa shape index (κ1) is 17.0. The zero-order chi connectivity index (χ0) is 16.8. The first-order valence-corrected chi connectivity index (χ1v) is 7.70. The van der Waals surface area contributed by atoms with Gasteiger partial charge in [0.25, 0.3) is 11.6 Å². The Bertz CT molecular complexity index is 704. The average Bonchev–Trinajstić information content (AvgIpc) is 2.55. The Labute approximate surface area is 139 Å². The van der Waals surface area contributed by atoms with Gasteiger partial charge in [0.15, 0.2) is 0 Å². The summed E-state index contributed by atoms with van der Waals surface area (Å²) in [6, 6.07) is 13.4. The van der Waals surface area contributed by atoms with Gasteiger partial charge < -0.3 is 5.32 Å². The number of carbonyl (C=O) groups is 1. The molecule has 0 heterocycles. The summed E-state index contributed by atoms with van der Waals surface area (Å²) in [5.41, 5.74) is 1.11. The van der Waals surface area contributed by atoms with Crippen molar-refractivity contribution < 1.29 is 9.72 Å². The molecule has 2 rings (SSSR count). The molecule has 0 fully saturated rings. The van der Waals surface area contributed by atoms with Crippen molar-refractivity contribution in [1.29, 1.82) is 0 Å². The Balaban J connectivity index is 2.20. The summed E-state index contributed by atoms with van der Waals surface area (Å²) in [4.78, 5) is 22.6. The fourth-order valence-electron chi connectivity index (χ4n) is 2.33. The second-order valence-electron chi connectivity index (χ2n) is 5.15. The Morgan fingerprint density at radius 2 is 1.96 bits per heavy atom. The molecule has 0 unspecified atom stereocenters. The number of hydrogen-bond acceptors (Lipinski definition) is 3. The number of rotatable bonds is 6. The predicted octanol–water partition coefficient (Wildman–Crippen LogP) is 4.52. The summed E-state index contributed by atoms with van der Waals surface area (Å²) in [7, 11) is 0. The minimum atomic E-state index is -0.544. The van der Waals surface area contributed by atoms with Crippen LogP contribution in [0.15, 0.2) is 48.5 Å². The van der Waals surface area contributed by atoms with Crippen molar-refractivity contribution in [3.05, 3.63) is 74.8 Å². The lowest BCUT2D eigenvalue weighted by Gasteiger charge is -2.19. The highest BCUT2D eigenvalue weighted by molar-refractivity contribution is 6.34. The van der Waals surface area contributed by atoms with E-state index in [4.69, 9.17) is 11.6 Å². The normalized spacial score (nSPS) is 11.7. The summed E-state index contributed by atoms with van der Waals surface area (Å²) >= 11 is 6.01. The van der Waals surface area contributed by atoms with E-state index in [1.165, 1.54) is 18.2 Å². The molecule has 0 spiro atoms. The van der Waals surface area contributed by atoms with Gasteiger partial charge >= 0.3 is 0 Å². The van der Waals surface area contributed by atoms with Crippen molar-refractivity contribution in [2.24, 2.45) is 0 Å². The number of carbonyl (C=O) groups excluding carboxylic acids is 1. The molecule has 1 N–H and O–H groups in total. The minimum Gasteiger partial charge on any atom is -0.345 e. The van der Waals surface area contributed by atoms with E-state index in [2.05, 4.69) is 5.32 Å². The Kier molecular flexibility index (Phi) is 5.71. The Morgan fingerprint density at radius 1 is 1.26 bits per heavy atom. The zero-order valence-electron chi connectivity index (χ0n) is 12.7. The third-order valence-electron chi connectivity index (χ3n) is 3.49. The summed E-state index contributed by atoms with van der Waals surface area (Å²) in [6.45, 7) is 2.04. The third-order valence-corrected chi connectivity index (χ3v) is 3.81. The maximum atomic E-state index is 12.4. The van der Waals surface area contributed by atoms with E-state index in [-0.39, 0.29) is 28.2 Å². The molecule has 1 amide bonds. The van der Waals surface area contributed by atoms with Gasteiger partial charge in [-0.1, -0.05) is 55.3 Å². The van der Waals surface area contributed by atoms with Crippen molar-refractivity contribution in [3.63, 3.8) is 0 Å². The summed E-state index contributed by atoms with van der Waals surface area (Å²) < 4.78 is 0. The van der Waals surface area contributed by atoms with Crippen molar-refractivity contribution >= 4 is 23.2 Å². The lowest BCUT2D eigenvalue weighted by Crippen LogP contribution is -2.28. The highest BCUT2D eigenvalue weighted by Crippen LogP contribution is 2.24. The molecule has 0 aliphatic carbocycles. The van der Waals surface area contributed by atoms with Crippen LogP contribution >= 0.6 is 11.6 Å². The molecule has 0 bridgehead atoms. The van der Waals surface area contributed by atoms with E-state index in [9.17, 15) is 14.9 Å². The molecule has 0 aliphatic rings. The third kappa shape index (κ3) is 4.29. The van der Waals surface area contributed by atoms with Crippen molar-refractivity contribution in [2.75, 3.05) is 0 Å². The van der Waals surface area contributed by atoms with Crippen LogP contribution in [-0.2, 0) is 0 Å². The topological polar surface area (TPSA) is 72.2 Å². The van der Waals surface area contributed by atoms with Crippen LogP contribution in [0, 0.1) is 10.1 Å². The van der Waals surface area contributed by atoms with Gasteiger partial charge in [0.05, 0.1) is 21.6 Å². The molecular formula is C17H17ClN2O3. The van der Waals surface area contributed by atoms with Gasteiger partial charge in [0.2, 0.25) is 0 Å². The van der Waals surface area contributed by atoms with E-state index in [1.54, 1.807) is 0 Å². The molecule has 0 aliphatic heterocycles. The van der Waals surface area contributed by atoms with Crippen LogP contribution < -0.4 is 5.32 Å². The van der Waals surface area contributed by atoms with Gasteiger partial charge in [0, 0.05) is 12.1 Å². The van der Waals surface area contributed by atoms with Gasteiger partial charge in [-0.25, -0.2) is 0 Å². The summed E-state index contributed by atoms with van der Waals surface area (Å²) in [5.74, 6) is -0.341. The molecule has 23 heavy (non-hydrogen) atoms. The summed E-state index contributed by atoms with van der Waals surface area (Å²) in [5, 5.41) is 13.7. The van der Waals surface area contributed by atoms with E-state index < -0.39 is 4.92 Å². The van der Waals surface area contributed by atoms with Gasteiger partial charge in [-0.05, 0) is 18.1 Å². The second-order valence-corrected chi connectivity index (χ2v) is 5.55. The smallest absolute Gasteiger partial charge is 0.270 e. The van der Waals surface area contributed by atoms with Crippen molar-refractivity contribution in [2.45, 2.75) is 25.8 Å². The van der Waals surface area contributed by atoms with Gasteiger partial charge in [-0.2, -0.15) is 0 Å². The molecule has 2 aromatic carbocycles. The minimum absolute atomic E-state index is 0.0695. The Hall–Kier alpha value is -2.40. The van der Waals surface area contributed by atoms with Crippen LogP contribution in [0.5, 0.6) is 0 Å². The quantitative estimate of drug-likeness (QED) is 0.624. The van der Waals surface area contributed by atoms with Crippen LogP contribution in [0.1, 0.15) is 41.7 Å². The monoisotopic (exact) mass is 332 g/mol. The van der Waals surface area contributed by atoms with Crippen molar-refractivity contribution in [1.82, 2.24) is 5.32 Å². The number of halogens is 1. The molecule has 0 aromatic heterocycles. The molecule has 0 radical (unpaired) electrons. The van der Waals surface area contributed by atoms with Gasteiger partial charge in [-0.15, -0.1) is 0 Å². The standard InChI is InChI=1S/C17H17ClN2O3/c1-2-6-16(12-7-4-3-5-8-12)19-17(21)14-10-9-13(20(22)23)11-15(14)18/h3-5,7-11,16H,2,6H2,1H3,(H,19,21)/t16-/m0/s1. The first-order chi connectivity index (χ1) is 11.0. The molecular weight excluding hydrogens is 316 g/mol. The number of amides is 1. The van der Waals surface area contributed by atoms with Crippen LogP contribution in [0.3, 0.4) is 0 Å². The molecule has 5 nitrogen and oxygen atoms in total. The van der Waals surface area contributed by atoms with Crippen LogP contribution in [0.25, 0.3) is 0 Å². The number of non-ortho nitro benzene ring substituents is 1. The highest BCUT2D eigenvalue weighted by Gasteiger charge is 2.18. The largest absolute Gasteiger partial charge is 0.345 e. The molecule has 120 valence electrons. The van der Waals surface area contributed by atoms with E-state index in [0.29, 0.717) is 0 Å². The number of nitrogens with zero attached hydrogens (tertiary/aromatic N) is 1. The number of nitro groups is 1. The number of nitro benzene ring substituents is 1. The Morgan fingerprint density at radius 3 is 2.52 bits per heavy atom. The maximum Gasteiger partial charge on any atom is 0.270 e. The molecule has 6 heteroatoms. The number of hydrogen-bond donors (Lipinski definition) is 1. The van der Waals surface area contributed by atoms with Crippen LogP contribution in [-0.4, -0.2) is 10.8 Å². The van der Waals surface area contributed by atoms with Gasteiger partial charge in [0.1, 0.15) is 0 Å². The highest BCUT2D eigenvalue weighted by atomic mass is 35.5. The van der Waals surface area contributed by atoms with Crippen molar-refractivity contribution in [3.8, 4) is 0 Å². The van der Waals surface area contributed by atoms with E-state index >= 15 is 0 Å². The fraction of sp³-hybridized carbons (Fsp3) is 0.235. The van der Waals surface area contributed by atoms with Crippen LogP contribution in [0.4, 0.5) is 5.69 Å². The second kappa shape index (κ2) is 7.74. The zero-order valence-corrected chi connectivity index (χ0v) is 13.4. The number of nitrogens with one attached hydrogen (secondary N) is 1. The predicted molar refractivity (Wildman–Crippen MR) is 89.7 cm³/mol.